The molecule has 0 aliphatic heterocycles. The molecule has 1 aromatic heterocycles. The molecule has 0 aliphatic rings. The zero-order chi connectivity index (χ0) is 17.0. The lowest BCUT2D eigenvalue weighted by Crippen LogP contribution is -2.07. The molecular weight excluding hydrogens is 324 g/mol. The van der Waals surface area contributed by atoms with Gasteiger partial charge in [-0.3, -0.25) is 0 Å². The number of hydrogen-bond acceptors (Lipinski definition) is 7. The lowest BCUT2D eigenvalue weighted by atomic mass is 10.1. The zero-order valence-corrected chi connectivity index (χ0v) is 13.4. The highest BCUT2D eigenvalue weighted by Crippen LogP contribution is 2.25. The Hall–Kier alpha value is -2.67. The van der Waals surface area contributed by atoms with Gasteiger partial charge in [-0.05, 0) is 25.1 Å². The Balaban J connectivity index is 2.43. The molecule has 0 amide bonds. The number of carbonyl (C=O) groups excluding carboxylic acids is 2. The fraction of sp³-hybridized carbons (Fsp3) is 0.200. The van der Waals surface area contributed by atoms with Crippen molar-refractivity contribution in [2.24, 2.45) is 0 Å². The molecule has 0 radical (unpaired) electrons. The molecule has 0 saturated carbocycles. The first-order valence-corrected chi connectivity index (χ1v) is 6.81. The van der Waals surface area contributed by atoms with Crippen LogP contribution >= 0.6 is 11.6 Å². The molecular formula is C15H13ClN2O5. The molecule has 0 atom stereocenters. The number of methoxy groups -OCH3 is 2. The Morgan fingerprint density at radius 3 is 2.00 bits per heavy atom. The number of aryl methyl sites for hydroxylation is 1. The molecule has 0 fully saturated rings. The van der Waals surface area contributed by atoms with Gasteiger partial charge in [-0.2, -0.15) is 4.98 Å². The third-order valence-electron chi connectivity index (χ3n) is 2.75. The summed E-state index contributed by atoms with van der Waals surface area (Å²) in [5.41, 5.74) is 0.282. The molecule has 0 aliphatic carbocycles. The highest BCUT2D eigenvalue weighted by atomic mass is 35.5. The average molecular weight is 337 g/mol. The molecule has 23 heavy (non-hydrogen) atoms. The van der Waals surface area contributed by atoms with E-state index >= 15 is 0 Å². The fourth-order valence-electron chi connectivity index (χ4n) is 1.81. The lowest BCUT2D eigenvalue weighted by molar-refractivity contribution is 0.0598. The summed E-state index contributed by atoms with van der Waals surface area (Å²) in [7, 11) is 2.47. The number of rotatable bonds is 4. The Bertz CT molecular complexity index is 709. The zero-order valence-electron chi connectivity index (χ0n) is 12.6. The molecule has 1 aromatic carbocycles. The van der Waals surface area contributed by atoms with Crippen LogP contribution in [0.2, 0.25) is 5.15 Å². The van der Waals surface area contributed by atoms with Gasteiger partial charge < -0.3 is 14.2 Å². The highest BCUT2D eigenvalue weighted by molar-refractivity contribution is 6.29. The molecule has 2 rings (SSSR count). The molecule has 120 valence electrons. The van der Waals surface area contributed by atoms with Crippen molar-refractivity contribution in [2.75, 3.05) is 14.2 Å². The second-order valence-electron chi connectivity index (χ2n) is 4.41. The number of aromatic nitrogens is 2. The average Bonchev–Trinajstić information content (AvgIpc) is 2.51. The second kappa shape index (κ2) is 7.06. The van der Waals surface area contributed by atoms with Crippen LogP contribution in [0.4, 0.5) is 0 Å². The maximum absolute atomic E-state index is 11.7. The summed E-state index contributed by atoms with van der Waals surface area (Å²) in [6.07, 6.45) is 0. The van der Waals surface area contributed by atoms with E-state index in [0.29, 0.717) is 5.82 Å². The van der Waals surface area contributed by atoms with Gasteiger partial charge in [-0.15, -0.1) is 0 Å². The highest BCUT2D eigenvalue weighted by Gasteiger charge is 2.15. The Kier molecular flexibility index (Phi) is 5.13. The topological polar surface area (TPSA) is 87.6 Å². The molecule has 0 spiro atoms. The minimum Gasteiger partial charge on any atom is -0.465 e. The van der Waals surface area contributed by atoms with Crippen molar-refractivity contribution in [3.8, 4) is 11.6 Å². The first-order chi connectivity index (χ1) is 10.9. The van der Waals surface area contributed by atoms with Gasteiger partial charge in [0.05, 0.1) is 25.3 Å². The number of ether oxygens (including phenoxy) is 3. The molecule has 0 saturated heterocycles. The van der Waals surface area contributed by atoms with Crippen molar-refractivity contribution in [3.05, 3.63) is 46.4 Å². The van der Waals surface area contributed by atoms with E-state index in [4.69, 9.17) is 16.3 Å². The van der Waals surface area contributed by atoms with E-state index in [1.807, 2.05) is 0 Å². The van der Waals surface area contributed by atoms with Gasteiger partial charge in [0.2, 0.25) is 5.88 Å². The van der Waals surface area contributed by atoms with Crippen molar-refractivity contribution in [3.63, 3.8) is 0 Å². The first-order valence-electron chi connectivity index (χ1n) is 6.43. The van der Waals surface area contributed by atoms with E-state index in [9.17, 15) is 9.59 Å². The van der Waals surface area contributed by atoms with Gasteiger partial charge in [0, 0.05) is 6.07 Å². The quantitative estimate of drug-likeness (QED) is 0.626. The van der Waals surface area contributed by atoms with Crippen LogP contribution in [-0.4, -0.2) is 36.1 Å². The predicted molar refractivity (Wildman–Crippen MR) is 81.0 cm³/mol. The third kappa shape index (κ3) is 4.17. The predicted octanol–water partition coefficient (Wildman–Crippen LogP) is 2.80. The van der Waals surface area contributed by atoms with E-state index in [1.165, 1.54) is 38.5 Å². The van der Waals surface area contributed by atoms with Crippen molar-refractivity contribution < 1.29 is 23.8 Å². The molecule has 2 aromatic rings. The standard InChI is InChI=1S/C15H13ClN2O5/c1-8-17-12(16)7-13(18-8)23-11-5-9(14(19)21-2)4-10(6-11)15(20)22-3/h4-7H,1-3H3. The lowest BCUT2D eigenvalue weighted by Gasteiger charge is -2.09. The van der Waals surface area contributed by atoms with Crippen LogP contribution in [0.15, 0.2) is 24.3 Å². The minimum atomic E-state index is -0.613. The SMILES string of the molecule is COC(=O)c1cc(Oc2cc(Cl)nc(C)n2)cc(C(=O)OC)c1. The van der Waals surface area contributed by atoms with E-state index in [2.05, 4.69) is 19.4 Å². The Morgan fingerprint density at radius 2 is 1.52 bits per heavy atom. The summed E-state index contributed by atoms with van der Waals surface area (Å²) in [4.78, 5) is 31.4. The minimum absolute atomic E-state index is 0.141. The molecule has 0 bridgehead atoms. The van der Waals surface area contributed by atoms with E-state index in [0.717, 1.165) is 0 Å². The van der Waals surface area contributed by atoms with Crippen molar-refractivity contribution >= 4 is 23.5 Å². The van der Waals surface area contributed by atoms with E-state index in [1.54, 1.807) is 6.92 Å². The Labute approximate surface area is 137 Å². The monoisotopic (exact) mass is 336 g/mol. The van der Waals surface area contributed by atoms with Crippen LogP contribution in [0.5, 0.6) is 11.6 Å². The molecule has 7 nitrogen and oxygen atoms in total. The van der Waals surface area contributed by atoms with Crippen LogP contribution in [0.1, 0.15) is 26.5 Å². The van der Waals surface area contributed by atoms with Gasteiger partial charge in [0.1, 0.15) is 16.7 Å². The smallest absolute Gasteiger partial charge is 0.338 e. The normalized spacial score (nSPS) is 10.1. The third-order valence-corrected chi connectivity index (χ3v) is 2.95. The van der Waals surface area contributed by atoms with E-state index in [-0.39, 0.29) is 27.9 Å². The summed E-state index contributed by atoms with van der Waals surface area (Å²) in [6, 6.07) is 5.60. The molecule has 0 N–H and O–H groups in total. The number of benzene rings is 1. The Morgan fingerprint density at radius 1 is 0.957 bits per heavy atom. The number of halogens is 1. The van der Waals surface area contributed by atoms with Crippen molar-refractivity contribution in [1.29, 1.82) is 0 Å². The van der Waals surface area contributed by atoms with Crippen molar-refractivity contribution in [2.45, 2.75) is 6.92 Å². The molecule has 1 heterocycles. The van der Waals surface area contributed by atoms with Gasteiger partial charge in [-0.1, -0.05) is 11.6 Å². The van der Waals surface area contributed by atoms with Gasteiger partial charge in [-0.25, -0.2) is 14.6 Å². The molecule has 0 unspecified atom stereocenters. The van der Waals surface area contributed by atoms with Crippen LogP contribution in [0.3, 0.4) is 0 Å². The second-order valence-corrected chi connectivity index (χ2v) is 4.79. The summed E-state index contributed by atoms with van der Waals surface area (Å²) in [6.45, 7) is 1.66. The van der Waals surface area contributed by atoms with Crippen molar-refractivity contribution in [1.82, 2.24) is 9.97 Å². The van der Waals surface area contributed by atoms with Crippen LogP contribution in [-0.2, 0) is 9.47 Å². The van der Waals surface area contributed by atoms with Crippen LogP contribution in [0, 0.1) is 6.92 Å². The summed E-state index contributed by atoms with van der Waals surface area (Å²) < 4.78 is 14.9. The maximum atomic E-state index is 11.7. The summed E-state index contributed by atoms with van der Waals surface area (Å²) in [5.74, 6) is -0.414. The number of nitrogens with zero attached hydrogens (tertiary/aromatic N) is 2. The number of carbonyl (C=O) groups is 2. The first kappa shape index (κ1) is 16.7. The van der Waals surface area contributed by atoms with Crippen LogP contribution < -0.4 is 4.74 Å². The summed E-state index contributed by atoms with van der Waals surface area (Å²) in [5, 5.41) is 0.213. The largest absolute Gasteiger partial charge is 0.465 e. The van der Waals surface area contributed by atoms with E-state index < -0.39 is 11.9 Å². The fourth-order valence-corrected chi connectivity index (χ4v) is 2.02. The van der Waals surface area contributed by atoms with Gasteiger partial charge >= 0.3 is 11.9 Å². The number of esters is 2. The molecule has 8 heteroatoms. The maximum Gasteiger partial charge on any atom is 0.338 e. The van der Waals surface area contributed by atoms with Gasteiger partial charge in [0.15, 0.2) is 0 Å². The van der Waals surface area contributed by atoms with Crippen LogP contribution in [0.25, 0.3) is 0 Å². The summed E-state index contributed by atoms with van der Waals surface area (Å²) >= 11 is 5.85. The number of hydrogen-bond donors (Lipinski definition) is 0. The van der Waals surface area contributed by atoms with Gasteiger partial charge in [0.25, 0.3) is 0 Å².